The Labute approximate surface area is 237 Å². The topological polar surface area (TPSA) is 117 Å². The fourth-order valence-corrected chi connectivity index (χ4v) is 5.06. The smallest absolute Gasteiger partial charge is 0.226 e. The molecule has 6 rings (SSSR count). The lowest BCUT2D eigenvalue weighted by Gasteiger charge is -2.36. The van der Waals surface area contributed by atoms with Gasteiger partial charge in [-0.3, -0.25) is 4.90 Å². The second kappa shape index (κ2) is 11.6. The molecule has 0 saturated carbocycles. The van der Waals surface area contributed by atoms with Gasteiger partial charge in [-0.2, -0.15) is 9.78 Å². The number of aromatic nitrogens is 4. The molecule has 208 valence electrons. The number of ether oxygens (including phenoxy) is 2. The largest absolute Gasteiger partial charge is 0.493 e. The van der Waals surface area contributed by atoms with Crippen molar-refractivity contribution in [1.82, 2.24) is 24.5 Å². The van der Waals surface area contributed by atoms with E-state index in [1.807, 2.05) is 60.8 Å². The van der Waals surface area contributed by atoms with E-state index >= 15 is 0 Å². The SMILES string of the molecule is COc1ccc(CNc2ncc(CN3CCN(c4ccccc4C#N)CC3)c3nc(-c4ccco4)nn23)cc1OC. The number of rotatable bonds is 9. The Kier molecular flexibility index (Phi) is 7.38. The third kappa shape index (κ3) is 5.37. The minimum absolute atomic E-state index is 0.497. The number of nitrogens with one attached hydrogen (secondary N) is 1. The van der Waals surface area contributed by atoms with Gasteiger partial charge in [0.25, 0.3) is 0 Å². The van der Waals surface area contributed by atoms with E-state index in [-0.39, 0.29) is 0 Å². The van der Waals surface area contributed by atoms with Gasteiger partial charge in [-0.15, -0.1) is 5.10 Å². The molecule has 3 aromatic heterocycles. The molecule has 0 aliphatic carbocycles. The van der Waals surface area contributed by atoms with Gasteiger partial charge in [0.1, 0.15) is 6.07 Å². The van der Waals surface area contributed by atoms with Crippen molar-refractivity contribution in [3.8, 4) is 29.2 Å². The number of nitriles is 1. The Morgan fingerprint density at radius 1 is 1.00 bits per heavy atom. The van der Waals surface area contributed by atoms with Crippen molar-refractivity contribution in [2.75, 3.05) is 50.6 Å². The van der Waals surface area contributed by atoms with Gasteiger partial charge in [-0.05, 0) is 42.0 Å². The summed E-state index contributed by atoms with van der Waals surface area (Å²) in [6.07, 6.45) is 3.48. The van der Waals surface area contributed by atoms with Gasteiger partial charge in [-0.25, -0.2) is 9.97 Å². The van der Waals surface area contributed by atoms with Crippen LogP contribution in [0.2, 0.25) is 0 Å². The number of methoxy groups -OCH3 is 2. The number of para-hydroxylation sites is 1. The van der Waals surface area contributed by atoms with Crippen molar-refractivity contribution in [2.24, 2.45) is 0 Å². The van der Waals surface area contributed by atoms with E-state index in [2.05, 4.69) is 21.2 Å². The van der Waals surface area contributed by atoms with Crippen molar-refractivity contribution in [3.05, 3.63) is 83.7 Å². The van der Waals surface area contributed by atoms with E-state index in [1.165, 1.54) is 0 Å². The van der Waals surface area contributed by atoms with E-state index in [1.54, 1.807) is 25.0 Å². The van der Waals surface area contributed by atoms with E-state index in [0.29, 0.717) is 47.7 Å². The number of hydrogen-bond acceptors (Lipinski definition) is 10. The lowest BCUT2D eigenvalue weighted by atomic mass is 10.1. The summed E-state index contributed by atoms with van der Waals surface area (Å²) in [7, 11) is 3.24. The van der Waals surface area contributed by atoms with Crippen LogP contribution in [0, 0.1) is 11.3 Å². The highest BCUT2D eigenvalue weighted by molar-refractivity contribution is 5.60. The number of furan rings is 1. The summed E-state index contributed by atoms with van der Waals surface area (Å²) >= 11 is 0. The van der Waals surface area contributed by atoms with E-state index in [9.17, 15) is 5.26 Å². The first-order chi connectivity index (χ1) is 20.2. The zero-order valence-electron chi connectivity index (χ0n) is 22.9. The van der Waals surface area contributed by atoms with Crippen LogP contribution in [0.4, 0.5) is 11.6 Å². The van der Waals surface area contributed by atoms with E-state index < -0.39 is 0 Å². The van der Waals surface area contributed by atoms with Gasteiger partial charge in [0.15, 0.2) is 22.9 Å². The van der Waals surface area contributed by atoms with Crippen LogP contribution < -0.4 is 19.7 Å². The number of benzene rings is 2. The highest BCUT2D eigenvalue weighted by atomic mass is 16.5. The van der Waals surface area contributed by atoms with Crippen molar-refractivity contribution in [3.63, 3.8) is 0 Å². The number of piperazine rings is 1. The van der Waals surface area contributed by atoms with E-state index in [0.717, 1.165) is 48.6 Å². The molecule has 1 fully saturated rings. The quantitative estimate of drug-likeness (QED) is 0.286. The average Bonchev–Trinajstić information content (AvgIpc) is 3.72. The summed E-state index contributed by atoms with van der Waals surface area (Å²) in [5.41, 5.74) is 4.39. The predicted molar refractivity (Wildman–Crippen MR) is 154 cm³/mol. The fraction of sp³-hybridized carbons (Fsp3) is 0.267. The molecule has 1 N–H and O–H groups in total. The second-order valence-corrected chi connectivity index (χ2v) is 9.69. The molecule has 11 heteroatoms. The number of fused-ring (bicyclic) bond motifs is 1. The van der Waals surface area contributed by atoms with Gasteiger partial charge < -0.3 is 24.1 Å². The van der Waals surface area contributed by atoms with Gasteiger partial charge in [0.05, 0.1) is 31.7 Å². The normalized spacial score (nSPS) is 13.7. The number of hydrogen-bond donors (Lipinski definition) is 1. The van der Waals surface area contributed by atoms with Crippen LogP contribution >= 0.6 is 0 Å². The summed E-state index contributed by atoms with van der Waals surface area (Å²) in [6, 6.07) is 19.5. The molecule has 2 aromatic carbocycles. The molecule has 0 radical (unpaired) electrons. The minimum Gasteiger partial charge on any atom is -0.493 e. The third-order valence-corrected chi connectivity index (χ3v) is 7.21. The maximum Gasteiger partial charge on any atom is 0.226 e. The molecular weight excluding hydrogens is 520 g/mol. The summed E-state index contributed by atoms with van der Waals surface area (Å²) < 4.78 is 18.1. The van der Waals surface area contributed by atoms with Gasteiger partial charge in [0.2, 0.25) is 11.8 Å². The van der Waals surface area contributed by atoms with Crippen LogP contribution in [0.25, 0.3) is 17.2 Å². The molecule has 0 spiro atoms. The monoisotopic (exact) mass is 550 g/mol. The second-order valence-electron chi connectivity index (χ2n) is 9.69. The Morgan fingerprint density at radius 3 is 2.59 bits per heavy atom. The zero-order chi connectivity index (χ0) is 28.2. The molecule has 1 aliphatic rings. The maximum absolute atomic E-state index is 9.51. The number of nitrogens with zero attached hydrogens (tertiary/aromatic N) is 7. The van der Waals surface area contributed by atoms with E-state index in [4.69, 9.17) is 29.0 Å². The van der Waals surface area contributed by atoms with Crippen LogP contribution in [-0.2, 0) is 13.1 Å². The highest BCUT2D eigenvalue weighted by Crippen LogP contribution is 2.28. The fourth-order valence-electron chi connectivity index (χ4n) is 5.06. The van der Waals surface area contributed by atoms with Crippen molar-refractivity contribution in [2.45, 2.75) is 13.1 Å². The van der Waals surface area contributed by atoms with Crippen molar-refractivity contribution in [1.29, 1.82) is 5.26 Å². The van der Waals surface area contributed by atoms with Gasteiger partial charge in [0, 0.05) is 51.0 Å². The molecule has 1 aliphatic heterocycles. The summed E-state index contributed by atoms with van der Waals surface area (Å²) in [5, 5.41) is 17.6. The Bertz CT molecular complexity index is 1680. The molecule has 0 bridgehead atoms. The van der Waals surface area contributed by atoms with Crippen LogP contribution in [0.3, 0.4) is 0 Å². The summed E-state index contributed by atoms with van der Waals surface area (Å²) in [5.74, 6) is 3.00. The van der Waals surface area contributed by atoms with Crippen LogP contribution in [0.1, 0.15) is 16.7 Å². The summed E-state index contributed by atoms with van der Waals surface area (Å²) in [4.78, 5) is 14.2. The van der Waals surface area contributed by atoms with Crippen LogP contribution in [0.5, 0.6) is 11.5 Å². The molecule has 0 amide bonds. The first-order valence-corrected chi connectivity index (χ1v) is 13.4. The first kappa shape index (κ1) is 26.2. The molecule has 0 unspecified atom stereocenters. The minimum atomic E-state index is 0.497. The van der Waals surface area contributed by atoms with Gasteiger partial charge in [-0.1, -0.05) is 18.2 Å². The van der Waals surface area contributed by atoms with Crippen LogP contribution in [-0.4, -0.2) is 64.9 Å². The maximum atomic E-state index is 9.51. The first-order valence-electron chi connectivity index (χ1n) is 13.4. The molecule has 1 saturated heterocycles. The lowest BCUT2D eigenvalue weighted by molar-refractivity contribution is 0.250. The molecule has 0 atom stereocenters. The molecule has 4 heterocycles. The lowest BCUT2D eigenvalue weighted by Crippen LogP contribution is -2.46. The molecule has 11 nitrogen and oxygen atoms in total. The average molecular weight is 551 g/mol. The van der Waals surface area contributed by atoms with Crippen molar-refractivity contribution < 1.29 is 13.9 Å². The van der Waals surface area contributed by atoms with Gasteiger partial charge >= 0.3 is 0 Å². The Hall–Kier alpha value is -5.08. The third-order valence-electron chi connectivity index (χ3n) is 7.21. The highest BCUT2D eigenvalue weighted by Gasteiger charge is 2.22. The van der Waals surface area contributed by atoms with Crippen molar-refractivity contribution >= 4 is 17.3 Å². The molecule has 5 aromatic rings. The molecular formula is C30H30N8O3. The Balaban J connectivity index is 1.22. The summed E-state index contributed by atoms with van der Waals surface area (Å²) in [6.45, 7) is 4.55. The Morgan fingerprint density at radius 2 is 1.83 bits per heavy atom. The predicted octanol–water partition coefficient (Wildman–Crippen LogP) is 4.21. The van der Waals surface area contributed by atoms with Crippen LogP contribution in [0.15, 0.2) is 71.5 Å². The number of anilines is 2. The zero-order valence-corrected chi connectivity index (χ0v) is 22.9. The standard InChI is InChI=1S/C30H30N8O3/c1-39-25-10-9-21(16-27(25)40-2)18-32-30-33-19-23(29-34-28(35-38(29)30)26-8-5-15-41-26)20-36-11-13-37(14-12-36)24-7-4-3-6-22(24)17-31/h3-10,15-16,19H,11-14,18,20H2,1-2H3,(H,32,33). The molecule has 41 heavy (non-hydrogen) atoms.